The van der Waals surface area contributed by atoms with Crippen LogP contribution < -0.4 is 5.32 Å². The number of nitrogens with one attached hydrogen (secondary N) is 1. The normalized spacial score (nSPS) is 16.0. The number of halogens is 1. The van der Waals surface area contributed by atoms with Gasteiger partial charge in [0.25, 0.3) is 0 Å². The molecular formula is C14H17FN4S2. The molecule has 0 bridgehead atoms. The number of aromatic nitrogens is 2. The fourth-order valence-electron chi connectivity index (χ4n) is 2.39. The molecule has 2 aromatic rings. The van der Waals surface area contributed by atoms with Gasteiger partial charge in [-0.15, -0.1) is 5.10 Å². The number of likely N-dealkylation sites (tertiary alicyclic amines) is 1. The molecule has 1 aliphatic rings. The second-order valence-electron chi connectivity index (χ2n) is 5.12. The molecule has 1 N–H and O–H groups in total. The van der Waals surface area contributed by atoms with Gasteiger partial charge >= 0.3 is 0 Å². The maximum Gasteiger partial charge on any atom is 0.209 e. The summed E-state index contributed by atoms with van der Waals surface area (Å²) in [4.78, 5) is 2.38. The molecule has 4 nitrogen and oxygen atoms in total. The highest BCUT2D eigenvalue weighted by Gasteiger charge is 2.12. The third-order valence-corrected chi connectivity index (χ3v) is 4.71. The van der Waals surface area contributed by atoms with Crippen LogP contribution in [0, 0.1) is 9.77 Å². The van der Waals surface area contributed by atoms with E-state index in [2.05, 4.69) is 15.3 Å². The molecule has 7 heteroatoms. The average molecular weight is 324 g/mol. The Morgan fingerprint density at radius 1 is 1.19 bits per heavy atom. The van der Waals surface area contributed by atoms with Gasteiger partial charge in [-0.1, -0.05) is 17.8 Å². The molecule has 1 aliphatic heterocycles. The van der Waals surface area contributed by atoms with Gasteiger partial charge in [0.05, 0.1) is 6.67 Å². The Bertz CT molecular complexity index is 644. The van der Waals surface area contributed by atoms with Crippen LogP contribution in [0.5, 0.6) is 0 Å². The molecule has 1 aromatic carbocycles. The molecule has 1 aromatic heterocycles. The second-order valence-corrected chi connectivity index (χ2v) is 6.75. The molecule has 0 unspecified atom stereocenters. The molecule has 0 atom stereocenters. The smallest absolute Gasteiger partial charge is 0.209 e. The van der Waals surface area contributed by atoms with Gasteiger partial charge in [-0.3, -0.25) is 4.90 Å². The van der Waals surface area contributed by atoms with Crippen LogP contribution >= 0.6 is 23.6 Å². The van der Waals surface area contributed by atoms with E-state index < -0.39 is 0 Å². The van der Waals surface area contributed by atoms with E-state index in [0.29, 0.717) is 0 Å². The zero-order valence-electron chi connectivity index (χ0n) is 11.6. The van der Waals surface area contributed by atoms with Crippen LogP contribution in [0.3, 0.4) is 0 Å². The molecule has 1 fully saturated rings. The molecule has 0 spiro atoms. The van der Waals surface area contributed by atoms with Crippen molar-refractivity contribution in [3.63, 3.8) is 0 Å². The van der Waals surface area contributed by atoms with Crippen molar-refractivity contribution in [3.05, 3.63) is 34.0 Å². The number of rotatable bonds is 4. The lowest BCUT2D eigenvalue weighted by molar-refractivity contribution is 0.173. The minimum atomic E-state index is -0.246. The first-order chi connectivity index (χ1) is 10.2. The predicted molar refractivity (Wildman–Crippen MR) is 86.0 cm³/mol. The Balaban J connectivity index is 1.68. The molecule has 112 valence electrons. The average Bonchev–Trinajstić information content (AvgIpc) is 2.82. The van der Waals surface area contributed by atoms with Crippen molar-refractivity contribution in [3.8, 4) is 0 Å². The molecule has 21 heavy (non-hydrogen) atoms. The number of hydrogen-bond donors (Lipinski definition) is 1. The van der Waals surface area contributed by atoms with Crippen LogP contribution in [0.25, 0.3) is 0 Å². The first kappa shape index (κ1) is 14.6. The van der Waals surface area contributed by atoms with Crippen molar-refractivity contribution in [2.45, 2.75) is 25.9 Å². The molecule has 0 aliphatic carbocycles. The van der Waals surface area contributed by atoms with E-state index in [1.807, 2.05) is 4.68 Å². The Labute approximate surface area is 132 Å². The zero-order chi connectivity index (χ0) is 14.7. The number of hydrogen-bond acceptors (Lipinski definition) is 5. The summed E-state index contributed by atoms with van der Waals surface area (Å²) in [5.74, 6) is -0.246. The highest BCUT2D eigenvalue weighted by atomic mass is 32.1. The summed E-state index contributed by atoms with van der Waals surface area (Å²) in [6, 6.07) is 6.22. The minimum Gasteiger partial charge on any atom is -0.330 e. The molecule has 0 amide bonds. The lowest BCUT2D eigenvalue weighted by Gasteiger charge is -2.25. The van der Waals surface area contributed by atoms with E-state index in [9.17, 15) is 4.39 Å². The maximum absolute atomic E-state index is 12.9. The third-order valence-electron chi connectivity index (χ3n) is 3.48. The van der Waals surface area contributed by atoms with Gasteiger partial charge in [-0.05, 0) is 62.4 Å². The molecule has 2 heterocycles. The van der Waals surface area contributed by atoms with Crippen LogP contribution in [0.2, 0.25) is 0 Å². The second kappa shape index (κ2) is 6.64. The van der Waals surface area contributed by atoms with Gasteiger partial charge in [0.2, 0.25) is 5.13 Å². The Kier molecular flexibility index (Phi) is 4.62. The van der Waals surface area contributed by atoms with Crippen molar-refractivity contribution >= 4 is 34.4 Å². The van der Waals surface area contributed by atoms with Crippen molar-refractivity contribution in [1.82, 2.24) is 14.7 Å². The summed E-state index contributed by atoms with van der Waals surface area (Å²) in [5.41, 5.74) is 0.810. The number of nitrogens with zero attached hydrogens (tertiary/aromatic N) is 3. The largest absolute Gasteiger partial charge is 0.330 e. The van der Waals surface area contributed by atoms with E-state index in [1.54, 1.807) is 12.1 Å². The SMILES string of the molecule is Fc1ccc(Nc2nn(CN3CCCCC3)c(=S)s2)cc1. The van der Waals surface area contributed by atoms with E-state index in [0.717, 1.165) is 34.5 Å². The Morgan fingerprint density at radius 3 is 2.62 bits per heavy atom. The van der Waals surface area contributed by atoms with Gasteiger partial charge in [0, 0.05) is 5.69 Å². The standard InChI is InChI=1S/C14H17FN4S2/c15-11-4-6-12(7-5-11)16-13-17-19(14(20)21-13)10-18-8-2-1-3-9-18/h4-7H,1-3,8-10H2,(H,16,17). The van der Waals surface area contributed by atoms with Crippen LogP contribution in [0.15, 0.2) is 24.3 Å². The highest BCUT2D eigenvalue weighted by molar-refractivity contribution is 7.73. The van der Waals surface area contributed by atoms with Gasteiger partial charge in [-0.25, -0.2) is 9.07 Å². The number of benzene rings is 1. The first-order valence-corrected chi connectivity index (χ1v) is 8.26. The summed E-state index contributed by atoms with van der Waals surface area (Å²) in [5, 5.41) is 8.41. The summed E-state index contributed by atoms with van der Waals surface area (Å²) >= 11 is 6.81. The van der Waals surface area contributed by atoms with Crippen LogP contribution in [0.1, 0.15) is 19.3 Å². The van der Waals surface area contributed by atoms with Gasteiger partial charge in [0.1, 0.15) is 5.82 Å². The number of piperidine rings is 1. The van der Waals surface area contributed by atoms with Crippen LogP contribution in [0.4, 0.5) is 15.2 Å². The summed E-state index contributed by atoms with van der Waals surface area (Å²) < 4.78 is 15.5. The van der Waals surface area contributed by atoms with Crippen molar-refractivity contribution in [2.75, 3.05) is 18.4 Å². The lowest BCUT2D eigenvalue weighted by Crippen LogP contribution is -2.32. The Hall–Kier alpha value is -1.31. The maximum atomic E-state index is 12.9. The van der Waals surface area contributed by atoms with Gasteiger partial charge in [0.15, 0.2) is 3.95 Å². The van der Waals surface area contributed by atoms with E-state index in [-0.39, 0.29) is 5.82 Å². The highest BCUT2D eigenvalue weighted by Crippen LogP contribution is 2.21. The Morgan fingerprint density at radius 2 is 1.90 bits per heavy atom. The monoisotopic (exact) mass is 324 g/mol. The minimum absolute atomic E-state index is 0.246. The lowest BCUT2D eigenvalue weighted by atomic mass is 10.1. The molecule has 1 saturated heterocycles. The van der Waals surface area contributed by atoms with Crippen LogP contribution in [-0.2, 0) is 6.67 Å². The molecule has 3 rings (SSSR count). The third kappa shape index (κ3) is 3.87. The summed E-state index contributed by atoms with van der Waals surface area (Å²) in [6.45, 7) is 2.97. The molecular weight excluding hydrogens is 307 g/mol. The quantitative estimate of drug-likeness (QED) is 0.862. The predicted octanol–water partition coefficient (Wildman–Crippen LogP) is 4.00. The molecule has 0 saturated carbocycles. The fraction of sp³-hybridized carbons (Fsp3) is 0.429. The van der Waals surface area contributed by atoms with E-state index >= 15 is 0 Å². The number of anilines is 2. The van der Waals surface area contributed by atoms with E-state index in [4.69, 9.17) is 12.2 Å². The van der Waals surface area contributed by atoms with Crippen molar-refractivity contribution in [1.29, 1.82) is 0 Å². The van der Waals surface area contributed by atoms with Gasteiger partial charge < -0.3 is 5.32 Å². The fourth-order valence-corrected chi connectivity index (χ4v) is 3.41. The summed E-state index contributed by atoms with van der Waals surface area (Å²) in [7, 11) is 0. The molecule has 0 radical (unpaired) electrons. The summed E-state index contributed by atoms with van der Waals surface area (Å²) in [6.07, 6.45) is 3.81. The van der Waals surface area contributed by atoms with Crippen LogP contribution in [-0.4, -0.2) is 27.8 Å². The van der Waals surface area contributed by atoms with Crippen molar-refractivity contribution < 1.29 is 4.39 Å². The first-order valence-electron chi connectivity index (χ1n) is 7.03. The van der Waals surface area contributed by atoms with Gasteiger partial charge in [-0.2, -0.15) is 0 Å². The van der Waals surface area contributed by atoms with Crippen molar-refractivity contribution in [2.24, 2.45) is 0 Å². The zero-order valence-corrected chi connectivity index (χ0v) is 13.2. The topological polar surface area (TPSA) is 33.1 Å². The van der Waals surface area contributed by atoms with E-state index in [1.165, 1.54) is 42.7 Å².